The zero-order valence-corrected chi connectivity index (χ0v) is 7.97. The van der Waals surface area contributed by atoms with E-state index in [2.05, 4.69) is 14.9 Å². The predicted octanol–water partition coefficient (Wildman–Crippen LogP) is -0.360. The summed E-state index contributed by atoms with van der Waals surface area (Å²) in [7, 11) is 0. The topological polar surface area (TPSA) is 64.3 Å². The number of aromatic nitrogens is 2. The molecule has 76 valence electrons. The number of ether oxygens (including phenoxy) is 1. The number of anilines is 1. The van der Waals surface area contributed by atoms with Crippen LogP contribution in [0.4, 0.5) is 5.82 Å². The normalized spacial score (nSPS) is 22.4. The van der Waals surface area contributed by atoms with Crippen molar-refractivity contribution in [1.82, 2.24) is 9.97 Å². The van der Waals surface area contributed by atoms with Crippen molar-refractivity contribution in [2.75, 3.05) is 31.1 Å². The second-order valence-electron chi connectivity index (χ2n) is 3.24. The van der Waals surface area contributed by atoms with Crippen LogP contribution in [0.15, 0.2) is 18.6 Å². The molecule has 0 radical (unpaired) electrons. The Kier molecular flexibility index (Phi) is 2.90. The summed E-state index contributed by atoms with van der Waals surface area (Å²) in [6, 6.07) is 0. The van der Waals surface area contributed by atoms with Crippen molar-refractivity contribution in [1.29, 1.82) is 0 Å². The lowest BCUT2D eigenvalue weighted by molar-refractivity contribution is 0.0463. The molecule has 2 rings (SSSR count). The van der Waals surface area contributed by atoms with Gasteiger partial charge in [-0.25, -0.2) is 4.98 Å². The van der Waals surface area contributed by atoms with E-state index in [9.17, 15) is 0 Å². The molecule has 0 bridgehead atoms. The van der Waals surface area contributed by atoms with Gasteiger partial charge in [0.05, 0.1) is 18.9 Å². The van der Waals surface area contributed by atoms with E-state index in [1.807, 2.05) is 0 Å². The molecule has 1 unspecified atom stereocenters. The summed E-state index contributed by atoms with van der Waals surface area (Å²) in [5, 5.41) is 0. The van der Waals surface area contributed by atoms with Gasteiger partial charge in [0, 0.05) is 32.0 Å². The van der Waals surface area contributed by atoms with Gasteiger partial charge in [0.15, 0.2) is 0 Å². The van der Waals surface area contributed by atoms with Crippen molar-refractivity contribution in [3.63, 3.8) is 0 Å². The van der Waals surface area contributed by atoms with Crippen molar-refractivity contribution in [2.24, 2.45) is 5.73 Å². The van der Waals surface area contributed by atoms with Crippen molar-refractivity contribution >= 4 is 5.82 Å². The Balaban J connectivity index is 2.04. The van der Waals surface area contributed by atoms with E-state index >= 15 is 0 Å². The quantitative estimate of drug-likeness (QED) is 0.696. The maximum absolute atomic E-state index is 5.56. The number of hydrogen-bond donors (Lipinski definition) is 1. The molecule has 0 spiro atoms. The van der Waals surface area contributed by atoms with Gasteiger partial charge in [-0.3, -0.25) is 4.98 Å². The molecule has 1 fully saturated rings. The summed E-state index contributed by atoms with van der Waals surface area (Å²) in [6.07, 6.45) is 5.25. The summed E-state index contributed by atoms with van der Waals surface area (Å²) in [5.74, 6) is 0.897. The highest BCUT2D eigenvalue weighted by molar-refractivity contribution is 5.35. The van der Waals surface area contributed by atoms with Crippen LogP contribution in [0.25, 0.3) is 0 Å². The summed E-state index contributed by atoms with van der Waals surface area (Å²) in [6.45, 7) is 2.92. The first kappa shape index (κ1) is 9.36. The highest BCUT2D eigenvalue weighted by Crippen LogP contribution is 2.12. The third kappa shape index (κ3) is 2.00. The molecule has 1 aromatic rings. The standard InChI is InChI=1S/C9H14N4O/c10-5-8-7-13(3-4-14-8)9-6-11-1-2-12-9/h1-2,6,8H,3-5,7,10H2. The molecule has 1 atom stereocenters. The molecule has 2 heterocycles. The molecule has 0 aromatic carbocycles. The van der Waals surface area contributed by atoms with Crippen LogP contribution in [-0.4, -0.2) is 42.3 Å². The van der Waals surface area contributed by atoms with Gasteiger partial charge >= 0.3 is 0 Å². The molecule has 1 aliphatic rings. The average Bonchev–Trinajstić information content (AvgIpc) is 2.30. The van der Waals surface area contributed by atoms with Crippen molar-refractivity contribution in [3.8, 4) is 0 Å². The molecule has 0 saturated carbocycles. The lowest BCUT2D eigenvalue weighted by Gasteiger charge is -2.32. The molecule has 0 amide bonds. The van der Waals surface area contributed by atoms with Crippen LogP contribution in [0.2, 0.25) is 0 Å². The molecule has 1 aliphatic heterocycles. The van der Waals surface area contributed by atoms with Crippen molar-refractivity contribution in [2.45, 2.75) is 6.10 Å². The average molecular weight is 194 g/mol. The first-order chi connectivity index (χ1) is 6.90. The van der Waals surface area contributed by atoms with Gasteiger partial charge in [0.25, 0.3) is 0 Å². The van der Waals surface area contributed by atoms with Gasteiger partial charge in [-0.05, 0) is 0 Å². The fourth-order valence-corrected chi connectivity index (χ4v) is 1.52. The van der Waals surface area contributed by atoms with E-state index < -0.39 is 0 Å². The van der Waals surface area contributed by atoms with Gasteiger partial charge in [-0.15, -0.1) is 0 Å². The first-order valence-electron chi connectivity index (χ1n) is 4.73. The Morgan fingerprint density at radius 3 is 3.21 bits per heavy atom. The Morgan fingerprint density at radius 1 is 1.57 bits per heavy atom. The minimum absolute atomic E-state index is 0.116. The van der Waals surface area contributed by atoms with E-state index in [0.717, 1.165) is 18.9 Å². The third-order valence-corrected chi connectivity index (χ3v) is 2.28. The highest BCUT2D eigenvalue weighted by Gasteiger charge is 2.19. The molecular weight excluding hydrogens is 180 g/mol. The molecule has 5 heteroatoms. The molecule has 1 aromatic heterocycles. The highest BCUT2D eigenvalue weighted by atomic mass is 16.5. The van der Waals surface area contributed by atoms with Crippen LogP contribution in [0, 0.1) is 0 Å². The summed E-state index contributed by atoms with van der Waals surface area (Å²) < 4.78 is 5.46. The fourth-order valence-electron chi connectivity index (χ4n) is 1.52. The molecule has 1 saturated heterocycles. The van der Waals surface area contributed by atoms with Gasteiger partial charge in [-0.1, -0.05) is 0 Å². The van der Waals surface area contributed by atoms with Crippen LogP contribution in [-0.2, 0) is 4.74 Å². The van der Waals surface area contributed by atoms with Crippen LogP contribution >= 0.6 is 0 Å². The van der Waals surface area contributed by atoms with Crippen LogP contribution in [0.5, 0.6) is 0 Å². The van der Waals surface area contributed by atoms with Crippen molar-refractivity contribution < 1.29 is 4.74 Å². The number of morpholine rings is 1. The molecule has 5 nitrogen and oxygen atoms in total. The fraction of sp³-hybridized carbons (Fsp3) is 0.556. The van der Waals surface area contributed by atoms with Crippen LogP contribution < -0.4 is 10.6 Å². The lowest BCUT2D eigenvalue weighted by atomic mass is 10.3. The van der Waals surface area contributed by atoms with Gasteiger partial charge in [0.2, 0.25) is 0 Å². The SMILES string of the molecule is NCC1CN(c2cnccn2)CCO1. The Morgan fingerprint density at radius 2 is 2.50 bits per heavy atom. The Hall–Kier alpha value is -1.20. The van der Waals surface area contributed by atoms with Gasteiger partial charge in [-0.2, -0.15) is 0 Å². The maximum Gasteiger partial charge on any atom is 0.147 e. The molecular formula is C9H14N4O. The molecule has 0 aliphatic carbocycles. The van der Waals surface area contributed by atoms with Gasteiger partial charge in [0.1, 0.15) is 5.82 Å². The Bertz CT molecular complexity index is 279. The number of nitrogens with two attached hydrogens (primary N) is 1. The van der Waals surface area contributed by atoms with E-state index in [1.165, 1.54) is 0 Å². The smallest absolute Gasteiger partial charge is 0.147 e. The summed E-state index contributed by atoms with van der Waals surface area (Å²) in [5.41, 5.74) is 5.56. The number of rotatable bonds is 2. The zero-order chi connectivity index (χ0) is 9.80. The lowest BCUT2D eigenvalue weighted by Crippen LogP contribution is -2.46. The molecule has 2 N–H and O–H groups in total. The maximum atomic E-state index is 5.56. The first-order valence-corrected chi connectivity index (χ1v) is 4.73. The zero-order valence-electron chi connectivity index (χ0n) is 7.97. The molecule has 14 heavy (non-hydrogen) atoms. The number of nitrogens with zero attached hydrogens (tertiary/aromatic N) is 3. The monoisotopic (exact) mass is 194 g/mol. The third-order valence-electron chi connectivity index (χ3n) is 2.28. The van der Waals surface area contributed by atoms with Crippen LogP contribution in [0.1, 0.15) is 0 Å². The second kappa shape index (κ2) is 4.34. The summed E-state index contributed by atoms with van der Waals surface area (Å²) >= 11 is 0. The minimum Gasteiger partial charge on any atom is -0.373 e. The van der Waals surface area contributed by atoms with Crippen molar-refractivity contribution in [3.05, 3.63) is 18.6 Å². The van der Waals surface area contributed by atoms with E-state index in [4.69, 9.17) is 10.5 Å². The predicted molar refractivity (Wildman–Crippen MR) is 53.0 cm³/mol. The number of hydrogen-bond acceptors (Lipinski definition) is 5. The largest absolute Gasteiger partial charge is 0.373 e. The van der Waals surface area contributed by atoms with E-state index in [0.29, 0.717) is 13.2 Å². The van der Waals surface area contributed by atoms with Crippen LogP contribution in [0.3, 0.4) is 0 Å². The summed E-state index contributed by atoms with van der Waals surface area (Å²) in [4.78, 5) is 10.4. The second-order valence-corrected chi connectivity index (χ2v) is 3.24. The van der Waals surface area contributed by atoms with E-state index in [1.54, 1.807) is 18.6 Å². The Labute approximate surface area is 82.9 Å². The van der Waals surface area contributed by atoms with E-state index in [-0.39, 0.29) is 6.10 Å². The minimum atomic E-state index is 0.116. The van der Waals surface area contributed by atoms with Gasteiger partial charge < -0.3 is 15.4 Å².